The van der Waals surface area contributed by atoms with Crippen LogP contribution in [0.15, 0.2) is 30.6 Å². The van der Waals surface area contributed by atoms with E-state index in [-0.39, 0.29) is 18.2 Å². The van der Waals surface area contributed by atoms with Crippen LogP contribution in [0.5, 0.6) is 0 Å². The molecule has 7 nitrogen and oxygen atoms in total. The van der Waals surface area contributed by atoms with E-state index < -0.39 is 11.9 Å². The lowest BCUT2D eigenvalue weighted by Gasteiger charge is -2.29. The first-order chi connectivity index (χ1) is 12.0. The van der Waals surface area contributed by atoms with E-state index in [0.29, 0.717) is 18.5 Å². The van der Waals surface area contributed by atoms with Crippen molar-refractivity contribution in [3.63, 3.8) is 0 Å². The van der Waals surface area contributed by atoms with Crippen molar-refractivity contribution in [1.29, 1.82) is 0 Å². The fourth-order valence-electron chi connectivity index (χ4n) is 3.28. The van der Waals surface area contributed by atoms with Gasteiger partial charge in [0, 0.05) is 30.3 Å². The zero-order chi connectivity index (χ0) is 17.6. The van der Waals surface area contributed by atoms with E-state index in [1.807, 2.05) is 19.1 Å². The van der Waals surface area contributed by atoms with Gasteiger partial charge in [0.05, 0.1) is 17.6 Å². The molecule has 2 aromatic rings. The number of piperidine rings is 1. The maximum atomic E-state index is 12.6. The Morgan fingerprint density at radius 2 is 2.00 bits per heavy atom. The number of carbonyl (C=O) groups excluding carboxylic acids is 3. The highest BCUT2D eigenvalue weighted by molar-refractivity contribution is 6.05. The van der Waals surface area contributed by atoms with Crippen molar-refractivity contribution in [2.24, 2.45) is 0 Å². The van der Waals surface area contributed by atoms with Gasteiger partial charge in [0.25, 0.3) is 5.91 Å². The van der Waals surface area contributed by atoms with Gasteiger partial charge in [-0.3, -0.25) is 29.7 Å². The van der Waals surface area contributed by atoms with Crippen LogP contribution in [0.3, 0.4) is 0 Å². The summed E-state index contributed by atoms with van der Waals surface area (Å²) in [7, 11) is 0. The molecular weight excluding hydrogens is 320 g/mol. The van der Waals surface area contributed by atoms with E-state index in [1.165, 1.54) is 4.90 Å². The number of aryl methyl sites for hydroxylation is 1. The monoisotopic (exact) mass is 336 g/mol. The summed E-state index contributed by atoms with van der Waals surface area (Å²) in [6.07, 6.45) is 4.01. The number of hydrogen-bond donors (Lipinski definition) is 1. The minimum absolute atomic E-state index is 0.175. The third-order valence-electron chi connectivity index (χ3n) is 4.60. The molecule has 25 heavy (non-hydrogen) atoms. The van der Waals surface area contributed by atoms with Crippen LogP contribution in [0.4, 0.5) is 0 Å². The molecule has 2 aliphatic rings. The van der Waals surface area contributed by atoms with Crippen molar-refractivity contribution in [3.05, 3.63) is 47.4 Å². The van der Waals surface area contributed by atoms with Gasteiger partial charge >= 0.3 is 0 Å². The normalized spacial score (nSPS) is 19.8. The minimum atomic E-state index is -0.597. The number of rotatable bonds is 2. The van der Waals surface area contributed by atoms with Gasteiger partial charge in [0.2, 0.25) is 11.8 Å². The van der Waals surface area contributed by atoms with E-state index in [1.54, 1.807) is 18.5 Å². The van der Waals surface area contributed by atoms with Gasteiger partial charge in [-0.15, -0.1) is 0 Å². The van der Waals surface area contributed by atoms with Gasteiger partial charge in [-0.25, -0.2) is 0 Å². The highest BCUT2D eigenvalue weighted by atomic mass is 16.2. The van der Waals surface area contributed by atoms with Crippen LogP contribution < -0.4 is 5.32 Å². The fraction of sp³-hybridized carbons (Fsp3) is 0.278. The van der Waals surface area contributed by atoms with E-state index in [9.17, 15) is 14.4 Å². The van der Waals surface area contributed by atoms with E-state index in [0.717, 1.165) is 22.5 Å². The molecule has 4 rings (SSSR count). The molecule has 0 spiro atoms. The summed E-state index contributed by atoms with van der Waals surface area (Å²) in [4.78, 5) is 46.2. The molecule has 0 saturated carbocycles. The summed E-state index contributed by atoms with van der Waals surface area (Å²) < 4.78 is 0. The number of benzene rings is 1. The smallest absolute Gasteiger partial charge is 0.255 e. The highest BCUT2D eigenvalue weighted by Crippen LogP contribution is 2.30. The topological polar surface area (TPSA) is 92.3 Å². The number of hydrogen-bond acceptors (Lipinski definition) is 5. The van der Waals surface area contributed by atoms with Crippen LogP contribution in [-0.2, 0) is 16.1 Å². The standard InChI is InChI=1S/C18H16N4O3/c1-10-7-20-14(8-19-10)11-2-3-13-12(6-11)9-22(18(13)25)15-4-5-16(23)21-17(15)24/h2-3,6-8,15H,4-5,9H2,1H3,(H,21,23,24). The van der Waals surface area contributed by atoms with Gasteiger partial charge < -0.3 is 4.90 Å². The van der Waals surface area contributed by atoms with Crippen molar-refractivity contribution in [1.82, 2.24) is 20.2 Å². The molecule has 1 saturated heterocycles. The Labute approximate surface area is 144 Å². The lowest BCUT2D eigenvalue weighted by Crippen LogP contribution is -2.52. The van der Waals surface area contributed by atoms with Crippen LogP contribution in [0.25, 0.3) is 11.3 Å². The van der Waals surface area contributed by atoms with Crippen molar-refractivity contribution >= 4 is 17.7 Å². The second kappa shape index (κ2) is 5.77. The van der Waals surface area contributed by atoms with Crippen LogP contribution in [0.2, 0.25) is 0 Å². The Kier molecular flexibility index (Phi) is 3.56. The molecule has 3 heterocycles. The first-order valence-corrected chi connectivity index (χ1v) is 8.09. The van der Waals surface area contributed by atoms with Gasteiger partial charge in [-0.2, -0.15) is 0 Å². The summed E-state index contributed by atoms with van der Waals surface area (Å²) in [6, 6.07) is 4.92. The van der Waals surface area contributed by atoms with Crippen LogP contribution >= 0.6 is 0 Å². The molecule has 7 heteroatoms. The molecule has 0 radical (unpaired) electrons. The second-order valence-electron chi connectivity index (χ2n) is 6.31. The molecule has 1 fully saturated rings. The second-order valence-corrected chi connectivity index (χ2v) is 6.31. The summed E-state index contributed by atoms with van der Waals surface area (Å²) in [5.41, 5.74) is 3.90. The highest BCUT2D eigenvalue weighted by Gasteiger charge is 2.39. The molecule has 3 amide bonds. The predicted molar refractivity (Wildman–Crippen MR) is 88.3 cm³/mol. The number of nitrogens with zero attached hydrogens (tertiary/aromatic N) is 3. The lowest BCUT2D eigenvalue weighted by molar-refractivity contribution is -0.136. The molecule has 1 N–H and O–H groups in total. The summed E-state index contributed by atoms with van der Waals surface area (Å²) >= 11 is 0. The Balaban J connectivity index is 1.62. The first kappa shape index (κ1) is 15.4. The number of amides is 3. The molecule has 0 aliphatic carbocycles. The maximum Gasteiger partial charge on any atom is 0.255 e. The zero-order valence-corrected chi connectivity index (χ0v) is 13.7. The van der Waals surface area contributed by atoms with Crippen molar-refractivity contribution in [2.75, 3.05) is 0 Å². The van der Waals surface area contributed by atoms with Crippen LogP contribution in [0.1, 0.15) is 34.5 Å². The SMILES string of the molecule is Cc1cnc(-c2ccc3c(c2)CN(C2CCC(=O)NC2=O)C3=O)cn1. The van der Waals surface area contributed by atoms with Crippen molar-refractivity contribution in [2.45, 2.75) is 32.4 Å². The Bertz CT molecular complexity index is 892. The van der Waals surface area contributed by atoms with Crippen molar-refractivity contribution in [3.8, 4) is 11.3 Å². The molecule has 2 aliphatic heterocycles. The molecule has 0 bridgehead atoms. The minimum Gasteiger partial charge on any atom is -0.322 e. The Morgan fingerprint density at radius 3 is 2.72 bits per heavy atom. The quantitative estimate of drug-likeness (QED) is 0.832. The van der Waals surface area contributed by atoms with Gasteiger partial charge in [-0.05, 0) is 31.0 Å². The Morgan fingerprint density at radius 1 is 1.16 bits per heavy atom. The third-order valence-corrected chi connectivity index (χ3v) is 4.60. The molecule has 1 aromatic carbocycles. The molecule has 1 aromatic heterocycles. The zero-order valence-electron chi connectivity index (χ0n) is 13.7. The number of nitrogens with one attached hydrogen (secondary N) is 1. The first-order valence-electron chi connectivity index (χ1n) is 8.09. The van der Waals surface area contributed by atoms with Crippen molar-refractivity contribution < 1.29 is 14.4 Å². The maximum absolute atomic E-state index is 12.6. The molecule has 1 unspecified atom stereocenters. The van der Waals surface area contributed by atoms with Crippen LogP contribution in [0, 0.1) is 6.92 Å². The molecule has 126 valence electrons. The Hall–Kier alpha value is -3.09. The number of carbonyl (C=O) groups is 3. The van der Waals surface area contributed by atoms with Gasteiger partial charge in [0.15, 0.2) is 0 Å². The average Bonchev–Trinajstić information content (AvgIpc) is 2.92. The average molecular weight is 336 g/mol. The van der Waals surface area contributed by atoms with E-state index in [4.69, 9.17) is 0 Å². The molecule has 1 atom stereocenters. The largest absolute Gasteiger partial charge is 0.322 e. The predicted octanol–water partition coefficient (Wildman–Crippen LogP) is 1.21. The van der Waals surface area contributed by atoms with E-state index >= 15 is 0 Å². The number of imide groups is 1. The lowest BCUT2D eigenvalue weighted by atomic mass is 10.0. The van der Waals surface area contributed by atoms with Crippen LogP contribution in [-0.4, -0.2) is 38.6 Å². The number of aromatic nitrogens is 2. The van der Waals surface area contributed by atoms with Gasteiger partial charge in [-0.1, -0.05) is 6.07 Å². The summed E-state index contributed by atoms with van der Waals surface area (Å²) in [5.74, 6) is -0.862. The third kappa shape index (κ3) is 2.67. The number of fused-ring (bicyclic) bond motifs is 1. The molecular formula is C18H16N4O3. The fourth-order valence-corrected chi connectivity index (χ4v) is 3.28. The van der Waals surface area contributed by atoms with E-state index in [2.05, 4.69) is 15.3 Å². The summed E-state index contributed by atoms with van der Waals surface area (Å²) in [5, 5.41) is 2.31. The van der Waals surface area contributed by atoms with Gasteiger partial charge in [0.1, 0.15) is 6.04 Å². The summed E-state index contributed by atoms with van der Waals surface area (Å²) in [6.45, 7) is 2.23.